The van der Waals surface area contributed by atoms with Crippen molar-refractivity contribution in [1.82, 2.24) is 5.06 Å². The highest BCUT2D eigenvalue weighted by molar-refractivity contribution is 5.77. The summed E-state index contributed by atoms with van der Waals surface area (Å²) in [6.07, 6.45) is 2.80. The van der Waals surface area contributed by atoms with Crippen molar-refractivity contribution in [3.8, 4) is 0 Å². The van der Waals surface area contributed by atoms with Crippen LogP contribution in [0.4, 0.5) is 0 Å². The summed E-state index contributed by atoms with van der Waals surface area (Å²) in [5, 5.41) is 1.53. The second-order valence-corrected chi connectivity index (χ2v) is 3.14. The van der Waals surface area contributed by atoms with Gasteiger partial charge in [-0.25, -0.2) is 5.06 Å². The van der Waals surface area contributed by atoms with Crippen LogP contribution in [0, 0.1) is 5.92 Å². The summed E-state index contributed by atoms with van der Waals surface area (Å²) in [6.45, 7) is 5.56. The van der Waals surface area contributed by atoms with E-state index in [9.17, 15) is 4.79 Å². The molecule has 1 amide bonds. The van der Waals surface area contributed by atoms with Gasteiger partial charge in [-0.05, 0) is 19.3 Å². The zero-order valence-electron chi connectivity index (χ0n) is 7.88. The van der Waals surface area contributed by atoms with E-state index in [-0.39, 0.29) is 11.8 Å². The maximum Gasteiger partial charge on any atom is 0.249 e. The molecule has 0 spiro atoms. The summed E-state index contributed by atoms with van der Waals surface area (Å²) >= 11 is 0. The normalized spacial score (nSPS) is 17.4. The lowest BCUT2D eigenvalue weighted by molar-refractivity contribution is -0.173. The van der Waals surface area contributed by atoms with E-state index in [1.54, 1.807) is 0 Å². The largest absolute Gasteiger partial charge is 0.272 e. The topological polar surface area (TPSA) is 29.5 Å². The number of carbonyl (C=O) groups is 1. The number of hydrogen-bond acceptors (Lipinski definition) is 2. The first-order valence-electron chi connectivity index (χ1n) is 4.73. The van der Waals surface area contributed by atoms with E-state index in [1.165, 1.54) is 5.06 Å². The maximum absolute atomic E-state index is 11.6. The molecule has 1 rings (SSSR count). The summed E-state index contributed by atoms with van der Waals surface area (Å²) in [4.78, 5) is 16.8. The molecule has 0 atom stereocenters. The minimum atomic E-state index is 0.156. The van der Waals surface area contributed by atoms with E-state index in [0.29, 0.717) is 6.61 Å². The average Bonchev–Trinajstić information content (AvgIpc) is 2.58. The van der Waals surface area contributed by atoms with Crippen molar-refractivity contribution in [3.63, 3.8) is 0 Å². The molecule has 1 aliphatic heterocycles. The van der Waals surface area contributed by atoms with Crippen LogP contribution in [0.2, 0.25) is 0 Å². The Hall–Kier alpha value is -0.570. The molecule has 70 valence electrons. The predicted molar refractivity (Wildman–Crippen MR) is 46.4 cm³/mol. The van der Waals surface area contributed by atoms with Crippen LogP contribution in [-0.2, 0) is 9.63 Å². The number of carbonyl (C=O) groups excluding carboxylic acids is 1. The number of rotatable bonds is 3. The fourth-order valence-corrected chi connectivity index (χ4v) is 1.46. The minimum absolute atomic E-state index is 0.156. The van der Waals surface area contributed by atoms with E-state index in [1.807, 2.05) is 13.8 Å². The van der Waals surface area contributed by atoms with E-state index >= 15 is 0 Å². The van der Waals surface area contributed by atoms with Gasteiger partial charge in [-0.2, -0.15) is 0 Å². The molecule has 0 N–H and O–H groups in total. The highest BCUT2D eigenvalue weighted by atomic mass is 16.7. The molecule has 3 nitrogen and oxygen atoms in total. The summed E-state index contributed by atoms with van der Waals surface area (Å²) in [7, 11) is 0. The highest BCUT2D eigenvalue weighted by Gasteiger charge is 2.24. The lowest BCUT2D eigenvalue weighted by Crippen LogP contribution is -2.32. The van der Waals surface area contributed by atoms with Crippen LogP contribution in [0.3, 0.4) is 0 Å². The standard InChI is InChI=1S/C9H17NO2/c1-3-8(4-2)9(11)10-6-5-7-12-10/h8H,3-7H2,1-2H3. The van der Waals surface area contributed by atoms with E-state index in [2.05, 4.69) is 0 Å². The van der Waals surface area contributed by atoms with Crippen molar-refractivity contribution in [2.75, 3.05) is 13.2 Å². The molecule has 1 fully saturated rings. The summed E-state index contributed by atoms with van der Waals surface area (Å²) in [6, 6.07) is 0. The van der Waals surface area contributed by atoms with Gasteiger partial charge >= 0.3 is 0 Å². The predicted octanol–water partition coefficient (Wildman–Crippen LogP) is 1.59. The Morgan fingerprint density at radius 1 is 1.50 bits per heavy atom. The summed E-state index contributed by atoms with van der Waals surface area (Å²) in [5.74, 6) is 0.320. The number of nitrogens with zero attached hydrogens (tertiary/aromatic N) is 1. The van der Waals surface area contributed by atoms with Crippen molar-refractivity contribution in [3.05, 3.63) is 0 Å². The number of hydrogen-bond donors (Lipinski definition) is 0. The molecule has 1 aliphatic rings. The van der Waals surface area contributed by atoms with Gasteiger partial charge in [0.15, 0.2) is 0 Å². The Bertz CT molecular complexity index is 145. The second kappa shape index (κ2) is 4.45. The smallest absolute Gasteiger partial charge is 0.249 e. The van der Waals surface area contributed by atoms with Gasteiger partial charge in [0.2, 0.25) is 5.91 Å². The van der Waals surface area contributed by atoms with Crippen LogP contribution in [0.25, 0.3) is 0 Å². The lowest BCUT2D eigenvalue weighted by atomic mass is 10.0. The van der Waals surface area contributed by atoms with Gasteiger partial charge in [0, 0.05) is 5.92 Å². The third-order valence-electron chi connectivity index (χ3n) is 2.33. The molecule has 0 aliphatic carbocycles. The molecule has 0 bridgehead atoms. The van der Waals surface area contributed by atoms with Crippen molar-refractivity contribution < 1.29 is 9.63 Å². The Kier molecular flexibility index (Phi) is 3.53. The third-order valence-corrected chi connectivity index (χ3v) is 2.33. The Balaban J connectivity index is 2.43. The average molecular weight is 171 g/mol. The SMILES string of the molecule is CCC(CC)C(=O)N1CCCO1. The molecule has 0 radical (unpaired) electrons. The molecule has 1 saturated heterocycles. The summed E-state index contributed by atoms with van der Waals surface area (Å²) in [5.41, 5.74) is 0. The molecule has 0 aromatic rings. The van der Waals surface area contributed by atoms with Crippen molar-refractivity contribution in [2.24, 2.45) is 5.92 Å². The van der Waals surface area contributed by atoms with Crippen LogP contribution < -0.4 is 0 Å². The first kappa shape index (κ1) is 9.52. The first-order valence-corrected chi connectivity index (χ1v) is 4.73. The number of amides is 1. The molecule has 0 aromatic carbocycles. The molecule has 3 heteroatoms. The van der Waals surface area contributed by atoms with Gasteiger partial charge in [-0.1, -0.05) is 13.8 Å². The molecule has 0 saturated carbocycles. The van der Waals surface area contributed by atoms with Gasteiger partial charge < -0.3 is 0 Å². The lowest BCUT2D eigenvalue weighted by Gasteiger charge is -2.19. The Morgan fingerprint density at radius 2 is 2.17 bits per heavy atom. The third kappa shape index (κ3) is 1.97. The van der Waals surface area contributed by atoms with Crippen molar-refractivity contribution in [1.29, 1.82) is 0 Å². The van der Waals surface area contributed by atoms with Crippen LogP contribution in [0.1, 0.15) is 33.1 Å². The van der Waals surface area contributed by atoms with Gasteiger partial charge in [-0.3, -0.25) is 9.63 Å². The summed E-state index contributed by atoms with van der Waals surface area (Å²) < 4.78 is 0. The molecular formula is C9H17NO2. The van der Waals surface area contributed by atoms with E-state index < -0.39 is 0 Å². The number of hydroxylamine groups is 2. The molecular weight excluding hydrogens is 154 g/mol. The fourth-order valence-electron chi connectivity index (χ4n) is 1.46. The second-order valence-electron chi connectivity index (χ2n) is 3.14. The van der Waals surface area contributed by atoms with E-state index in [4.69, 9.17) is 4.84 Å². The maximum atomic E-state index is 11.6. The van der Waals surface area contributed by atoms with Crippen LogP contribution >= 0.6 is 0 Å². The van der Waals surface area contributed by atoms with Gasteiger partial charge in [0.25, 0.3) is 0 Å². The van der Waals surface area contributed by atoms with Crippen LogP contribution in [-0.4, -0.2) is 24.1 Å². The van der Waals surface area contributed by atoms with Crippen LogP contribution in [0.15, 0.2) is 0 Å². The monoisotopic (exact) mass is 171 g/mol. The zero-order valence-corrected chi connectivity index (χ0v) is 7.88. The molecule has 0 unspecified atom stereocenters. The zero-order chi connectivity index (χ0) is 8.97. The molecule has 12 heavy (non-hydrogen) atoms. The molecule has 0 aromatic heterocycles. The van der Waals surface area contributed by atoms with Crippen molar-refractivity contribution in [2.45, 2.75) is 33.1 Å². The van der Waals surface area contributed by atoms with Crippen LogP contribution in [0.5, 0.6) is 0 Å². The van der Waals surface area contributed by atoms with Crippen molar-refractivity contribution >= 4 is 5.91 Å². The highest BCUT2D eigenvalue weighted by Crippen LogP contribution is 2.15. The molecule has 1 heterocycles. The fraction of sp³-hybridized carbons (Fsp3) is 0.889. The quantitative estimate of drug-likeness (QED) is 0.645. The first-order chi connectivity index (χ1) is 5.79. The van der Waals surface area contributed by atoms with Gasteiger partial charge in [0.05, 0.1) is 13.2 Å². The minimum Gasteiger partial charge on any atom is -0.272 e. The van der Waals surface area contributed by atoms with Gasteiger partial charge in [-0.15, -0.1) is 0 Å². The Morgan fingerprint density at radius 3 is 2.58 bits per heavy atom. The Labute approximate surface area is 73.6 Å². The van der Waals surface area contributed by atoms with Gasteiger partial charge in [0.1, 0.15) is 0 Å². The van der Waals surface area contributed by atoms with E-state index in [0.717, 1.165) is 25.8 Å².